The predicted molar refractivity (Wildman–Crippen MR) is 101 cm³/mol. The van der Waals surface area contributed by atoms with Gasteiger partial charge < -0.3 is 10.2 Å². The highest BCUT2D eigenvalue weighted by Crippen LogP contribution is 2.17. The standard InChI is InChI=1S/C21H25N3O2/c1-24(15-16-9-4-2-5-10-16)21(26)19-14-8-13-18(23-19)20(25)22-17-11-6-3-7-12-17/h2,4-5,8-10,13-14,17H,3,6-7,11-12,15H2,1H3,(H,22,25). The van der Waals surface area contributed by atoms with Crippen LogP contribution in [0.15, 0.2) is 48.5 Å². The van der Waals surface area contributed by atoms with E-state index in [9.17, 15) is 9.59 Å². The number of hydrogen-bond donors (Lipinski definition) is 1. The largest absolute Gasteiger partial charge is 0.348 e. The summed E-state index contributed by atoms with van der Waals surface area (Å²) in [5.74, 6) is -0.390. The van der Waals surface area contributed by atoms with E-state index in [1.807, 2.05) is 30.3 Å². The average molecular weight is 351 g/mol. The molecule has 1 aromatic carbocycles. The molecule has 0 radical (unpaired) electrons. The Balaban J connectivity index is 1.65. The molecule has 26 heavy (non-hydrogen) atoms. The van der Waals surface area contributed by atoms with Gasteiger partial charge in [0.15, 0.2) is 0 Å². The summed E-state index contributed by atoms with van der Waals surface area (Å²) >= 11 is 0. The molecule has 5 heteroatoms. The Kier molecular flexibility index (Phi) is 6.00. The number of rotatable bonds is 5. The molecule has 0 atom stereocenters. The van der Waals surface area contributed by atoms with Gasteiger partial charge in [0.25, 0.3) is 11.8 Å². The van der Waals surface area contributed by atoms with E-state index in [-0.39, 0.29) is 17.9 Å². The molecule has 1 fully saturated rings. The molecular weight excluding hydrogens is 326 g/mol. The molecule has 0 bridgehead atoms. The van der Waals surface area contributed by atoms with Crippen LogP contribution < -0.4 is 5.32 Å². The fourth-order valence-corrected chi connectivity index (χ4v) is 3.31. The second-order valence-electron chi connectivity index (χ2n) is 6.86. The Hall–Kier alpha value is -2.69. The molecule has 1 aliphatic carbocycles. The lowest BCUT2D eigenvalue weighted by Gasteiger charge is -2.22. The number of carbonyl (C=O) groups is 2. The Morgan fingerprint density at radius 1 is 1.00 bits per heavy atom. The van der Waals surface area contributed by atoms with Crippen molar-refractivity contribution < 1.29 is 9.59 Å². The molecule has 5 nitrogen and oxygen atoms in total. The molecule has 1 aliphatic rings. The molecule has 0 unspecified atom stereocenters. The number of amides is 2. The quantitative estimate of drug-likeness (QED) is 0.898. The van der Waals surface area contributed by atoms with Gasteiger partial charge in [-0.1, -0.05) is 55.7 Å². The van der Waals surface area contributed by atoms with Gasteiger partial charge in [-0.25, -0.2) is 4.98 Å². The number of pyridine rings is 1. The van der Waals surface area contributed by atoms with Gasteiger partial charge >= 0.3 is 0 Å². The van der Waals surface area contributed by atoms with E-state index in [1.54, 1.807) is 30.1 Å². The summed E-state index contributed by atoms with van der Waals surface area (Å²) in [7, 11) is 1.74. The van der Waals surface area contributed by atoms with Gasteiger partial charge in [-0.05, 0) is 30.5 Å². The van der Waals surface area contributed by atoms with Crippen LogP contribution in [0.25, 0.3) is 0 Å². The molecular formula is C21H25N3O2. The molecule has 1 aromatic heterocycles. The van der Waals surface area contributed by atoms with Crippen molar-refractivity contribution in [2.45, 2.75) is 44.7 Å². The predicted octanol–water partition coefficient (Wildman–Crippen LogP) is 3.42. The average Bonchev–Trinajstić information content (AvgIpc) is 2.69. The molecule has 136 valence electrons. The zero-order valence-corrected chi connectivity index (χ0v) is 15.1. The molecule has 1 saturated carbocycles. The van der Waals surface area contributed by atoms with Gasteiger partial charge in [-0.3, -0.25) is 9.59 Å². The van der Waals surface area contributed by atoms with Crippen LogP contribution in [0, 0.1) is 0 Å². The minimum Gasteiger partial charge on any atom is -0.348 e. The van der Waals surface area contributed by atoms with Crippen molar-refractivity contribution in [3.8, 4) is 0 Å². The van der Waals surface area contributed by atoms with E-state index in [2.05, 4.69) is 10.3 Å². The molecule has 0 saturated heterocycles. The van der Waals surface area contributed by atoms with Crippen molar-refractivity contribution in [3.05, 3.63) is 65.5 Å². The zero-order chi connectivity index (χ0) is 18.4. The van der Waals surface area contributed by atoms with E-state index in [0.717, 1.165) is 31.2 Å². The van der Waals surface area contributed by atoms with Crippen LogP contribution >= 0.6 is 0 Å². The maximum absolute atomic E-state index is 12.6. The van der Waals surface area contributed by atoms with Crippen molar-refractivity contribution in [1.29, 1.82) is 0 Å². The van der Waals surface area contributed by atoms with Crippen molar-refractivity contribution in [2.24, 2.45) is 0 Å². The lowest BCUT2D eigenvalue weighted by Crippen LogP contribution is -2.37. The topological polar surface area (TPSA) is 62.3 Å². The third-order valence-corrected chi connectivity index (χ3v) is 4.75. The number of benzene rings is 1. The highest BCUT2D eigenvalue weighted by molar-refractivity contribution is 5.96. The van der Waals surface area contributed by atoms with E-state index < -0.39 is 0 Å². The summed E-state index contributed by atoms with van der Waals surface area (Å²) in [6, 6.07) is 15.0. The number of nitrogens with one attached hydrogen (secondary N) is 1. The van der Waals surface area contributed by atoms with Gasteiger partial charge in [0.2, 0.25) is 0 Å². The molecule has 0 aliphatic heterocycles. The van der Waals surface area contributed by atoms with Gasteiger partial charge in [-0.15, -0.1) is 0 Å². The lowest BCUT2D eigenvalue weighted by molar-refractivity contribution is 0.0779. The monoisotopic (exact) mass is 351 g/mol. The molecule has 0 spiro atoms. The van der Waals surface area contributed by atoms with Crippen LogP contribution in [-0.2, 0) is 6.54 Å². The SMILES string of the molecule is CN(Cc1ccccc1)C(=O)c1cccc(C(=O)NC2CCCCC2)n1. The number of aromatic nitrogens is 1. The van der Waals surface area contributed by atoms with E-state index in [0.29, 0.717) is 17.9 Å². The summed E-state index contributed by atoms with van der Waals surface area (Å²) in [6.07, 6.45) is 5.58. The fourth-order valence-electron chi connectivity index (χ4n) is 3.31. The molecule has 1 heterocycles. The number of nitrogens with zero attached hydrogens (tertiary/aromatic N) is 2. The summed E-state index contributed by atoms with van der Waals surface area (Å²) in [4.78, 5) is 31.0. The van der Waals surface area contributed by atoms with E-state index >= 15 is 0 Å². The lowest BCUT2D eigenvalue weighted by atomic mass is 9.95. The Bertz CT molecular complexity index is 755. The van der Waals surface area contributed by atoms with Crippen molar-refractivity contribution >= 4 is 11.8 Å². The third kappa shape index (κ3) is 4.69. The zero-order valence-electron chi connectivity index (χ0n) is 15.1. The summed E-state index contributed by atoms with van der Waals surface area (Å²) < 4.78 is 0. The van der Waals surface area contributed by atoms with Crippen LogP contribution in [0.2, 0.25) is 0 Å². The second-order valence-corrected chi connectivity index (χ2v) is 6.86. The van der Waals surface area contributed by atoms with Gasteiger partial charge in [0.05, 0.1) is 0 Å². The van der Waals surface area contributed by atoms with Gasteiger partial charge in [0.1, 0.15) is 11.4 Å². The van der Waals surface area contributed by atoms with Crippen LogP contribution in [0.5, 0.6) is 0 Å². The summed E-state index contributed by atoms with van der Waals surface area (Å²) in [5.41, 5.74) is 1.64. The number of carbonyl (C=O) groups excluding carboxylic acids is 2. The molecule has 3 rings (SSSR count). The highest BCUT2D eigenvalue weighted by atomic mass is 16.2. The van der Waals surface area contributed by atoms with E-state index in [1.165, 1.54) is 6.42 Å². The maximum Gasteiger partial charge on any atom is 0.272 e. The molecule has 2 aromatic rings. The van der Waals surface area contributed by atoms with Crippen molar-refractivity contribution in [2.75, 3.05) is 7.05 Å². The fraction of sp³-hybridized carbons (Fsp3) is 0.381. The first-order valence-electron chi connectivity index (χ1n) is 9.21. The highest BCUT2D eigenvalue weighted by Gasteiger charge is 2.19. The smallest absolute Gasteiger partial charge is 0.272 e. The van der Waals surface area contributed by atoms with Crippen molar-refractivity contribution in [1.82, 2.24) is 15.2 Å². The maximum atomic E-state index is 12.6. The Labute approximate surface area is 154 Å². The molecule has 1 N–H and O–H groups in total. The normalized spacial score (nSPS) is 14.7. The van der Waals surface area contributed by atoms with Crippen molar-refractivity contribution in [3.63, 3.8) is 0 Å². The van der Waals surface area contributed by atoms with Gasteiger partial charge in [0, 0.05) is 19.6 Å². The first-order valence-corrected chi connectivity index (χ1v) is 9.21. The van der Waals surface area contributed by atoms with Crippen LogP contribution in [0.1, 0.15) is 58.6 Å². The third-order valence-electron chi connectivity index (χ3n) is 4.75. The second kappa shape index (κ2) is 8.61. The molecule has 2 amide bonds. The first-order chi connectivity index (χ1) is 12.6. The van der Waals surface area contributed by atoms with Crippen LogP contribution in [-0.4, -0.2) is 34.8 Å². The Morgan fingerprint density at radius 3 is 2.42 bits per heavy atom. The first kappa shape index (κ1) is 18.1. The van der Waals surface area contributed by atoms with Crippen LogP contribution in [0.4, 0.5) is 0 Å². The summed E-state index contributed by atoms with van der Waals surface area (Å²) in [5, 5.41) is 3.04. The minimum absolute atomic E-state index is 0.193. The summed E-state index contributed by atoms with van der Waals surface area (Å²) in [6.45, 7) is 0.500. The Morgan fingerprint density at radius 2 is 1.69 bits per heavy atom. The minimum atomic E-state index is -0.197. The van der Waals surface area contributed by atoms with Crippen LogP contribution in [0.3, 0.4) is 0 Å². The van der Waals surface area contributed by atoms with Gasteiger partial charge in [-0.2, -0.15) is 0 Å². The van der Waals surface area contributed by atoms with E-state index in [4.69, 9.17) is 0 Å². The number of hydrogen-bond acceptors (Lipinski definition) is 3.